The third-order valence-electron chi connectivity index (χ3n) is 3.44. The van der Waals surface area contributed by atoms with Crippen molar-refractivity contribution in [1.82, 2.24) is 10.2 Å². The molecule has 2 unspecified atom stereocenters. The topological polar surface area (TPSA) is 49.4 Å². The second-order valence-electron chi connectivity index (χ2n) is 5.16. The first-order chi connectivity index (χ1) is 8.54. The van der Waals surface area contributed by atoms with Crippen LogP contribution in [-0.2, 0) is 4.79 Å². The van der Waals surface area contributed by atoms with Crippen LogP contribution in [0.15, 0.2) is 0 Å². The predicted octanol–water partition coefficient (Wildman–Crippen LogP) is 2.06. The molecule has 1 aliphatic heterocycles. The molecule has 1 aliphatic rings. The van der Waals surface area contributed by atoms with Crippen LogP contribution in [0.5, 0.6) is 0 Å². The lowest BCUT2D eigenvalue weighted by Gasteiger charge is -2.26. The number of nitrogens with zero attached hydrogens (tertiary/aromatic N) is 1. The Morgan fingerprint density at radius 1 is 1.37 bits per heavy atom. The normalized spacial score (nSPS) is 26.0. The van der Waals surface area contributed by atoms with Gasteiger partial charge in [0.2, 0.25) is 5.54 Å². The summed E-state index contributed by atoms with van der Waals surface area (Å²) >= 11 is 4.10. The Balaban J connectivity index is 2.94. The second-order valence-corrected chi connectivity index (χ2v) is 5.52. The molecule has 1 fully saturated rings. The van der Waals surface area contributed by atoms with Gasteiger partial charge in [0.15, 0.2) is 0 Å². The molecule has 1 rings (SSSR count). The smallest absolute Gasteiger partial charge is 0.316 e. The van der Waals surface area contributed by atoms with Crippen molar-refractivity contribution in [1.29, 1.82) is 0 Å². The third kappa shape index (κ3) is 2.82. The standard InChI is InChI=1S/C11H17F3N2O2S/c1-6(2)7(5-19)4-16-8(17)10(3,11(12,13)14)15-9(16)18/h6-7,19H,4-5H2,1-3H3,(H,15,18). The molecule has 4 nitrogen and oxygen atoms in total. The van der Waals surface area contributed by atoms with Crippen molar-refractivity contribution in [2.75, 3.05) is 12.3 Å². The van der Waals surface area contributed by atoms with Crippen LogP contribution in [0.4, 0.5) is 18.0 Å². The van der Waals surface area contributed by atoms with Gasteiger partial charge in [0.1, 0.15) is 0 Å². The second kappa shape index (κ2) is 5.22. The van der Waals surface area contributed by atoms with Crippen LogP contribution < -0.4 is 5.32 Å². The summed E-state index contributed by atoms with van der Waals surface area (Å²) in [4.78, 5) is 24.1. The Morgan fingerprint density at radius 3 is 2.21 bits per heavy atom. The predicted molar refractivity (Wildman–Crippen MR) is 66.9 cm³/mol. The average molecular weight is 298 g/mol. The van der Waals surface area contributed by atoms with Crippen LogP contribution in [0.25, 0.3) is 0 Å². The molecule has 1 saturated heterocycles. The third-order valence-corrected chi connectivity index (χ3v) is 3.91. The zero-order chi connectivity index (χ0) is 15.0. The van der Waals surface area contributed by atoms with E-state index in [-0.39, 0.29) is 18.4 Å². The number of imide groups is 1. The van der Waals surface area contributed by atoms with E-state index in [9.17, 15) is 22.8 Å². The van der Waals surface area contributed by atoms with E-state index in [0.717, 1.165) is 0 Å². The first-order valence-corrected chi connectivity index (χ1v) is 6.49. The minimum atomic E-state index is -4.82. The van der Waals surface area contributed by atoms with E-state index in [1.807, 2.05) is 13.8 Å². The molecule has 0 spiro atoms. The number of amides is 3. The Bertz CT molecular complexity index is 387. The van der Waals surface area contributed by atoms with Gasteiger partial charge in [0, 0.05) is 6.54 Å². The maximum absolute atomic E-state index is 12.8. The summed E-state index contributed by atoms with van der Waals surface area (Å²) in [5, 5.41) is 1.73. The molecule has 0 saturated carbocycles. The quantitative estimate of drug-likeness (QED) is 0.616. The molecule has 0 aliphatic carbocycles. The number of halogens is 3. The Morgan fingerprint density at radius 2 is 1.89 bits per heavy atom. The molecular weight excluding hydrogens is 281 g/mol. The van der Waals surface area contributed by atoms with Gasteiger partial charge in [-0.15, -0.1) is 0 Å². The first-order valence-electron chi connectivity index (χ1n) is 5.86. The van der Waals surface area contributed by atoms with Crippen LogP contribution in [0.2, 0.25) is 0 Å². The zero-order valence-electron chi connectivity index (χ0n) is 10.9. The SMILES string of the molecule is CC(C)C(CS)CN1C(=O)NC(C)(C(F)(F)F)C1=O. The zero-order valence-corrected chi connectivity index (χ0v) is 11.8. The minimum Gasteiger partial charge on any atom is -0.316 e. The number of carbonyl (C=O) groups excluding carboxylic acids is 2. The number of rotatable bonds is 4. The van der Waals surface area contributed by atoms with Crippen LogP contribution in [0.1, 0.15) is 20.8 Å². The summed E-state index contributed by atoms with van der Waals surface area (Å²) in [5.41, 5.74) is -2.83. The van der Waals surface area contributed by atoms with Gasteiger partial charge >= 0.3 is 12.2 Å². The summed E-state index contributed by atoms with van der Waals surface area (Å²) in [5.74, 6) is -0.904. The number of urea groups is 1. The van der Waals surface area contributed by atoms with E-state index >= 15 is 0 Å². The Labute approximate surface area is 115 Å². The first kappa shape index (κ1) is 16.1. The van der Waals surface area contributed by atoms with Gasteiger partial charge in [-0.25, -0.2) is 4.79 Å². The molecule has 0 radical (unpaired) electrons. The van der Waals surface area contributed by atoms with E-state index in [1.165, 1.54) is 0 Å². The van der Waals surface area contributed by atoms with E-state index in [0.29, 0.717) is 17.6 Å². The van der Waals surface area contributed by atoms with Crippen LogP contribution in [0, 0.1) is 11.8 Å². The summed E-state index contributed by atoms with van der Waals surface area (Å²) in [7, 11) is 0. The number of thiol groups is 1. The Kier molecular flexibility index (Phi) is 4.44. The molecule has 8 heteroatoms. The molecule has 19 heavy (non-hydrogen) atoms. The fraction of sp³-hybridized carbons (Fsp3) is 0.818. The van der Waals surface area contributed by atoms with Crippen LogP contribution in [0.3, 0.4) is 0 Å². The lowest BCUT2D eigenvalue weighted by Crippen LogP contribution is -2.56. The molecule has 110 valence electrons. The van der Waals surface area contributed by atoms with Crippen molar-refractivity contribution in [3.8, 4) is 0 Å². The number of alkyl halides is 3. The van der Waals surface area contributed by atoms with Crippen molar-refractivity contribution in [2.45, 2.75) is 32.5 Å². The lowest BCUT2D eigenvalue weighted by molar-refractivity contribution is -0.191. The summed E-state index contributed by atoms with van der Waals surface area (Å²) in [6.07, 6.45) is -4.82. The molecule has 1 N–H and O–H groups in total. The summed E-state index contributed by atoms with van der Waals surface area (Å²) in [6, 6.07) is -1.00. The van der Waals surface area contributed by atoms with Crippen molar-refractivity contribution in [2.24, 2.45) is 11.8 Å². The number of hydrogen-bond donors (Lipinski definition) is 2. The van der Waals surface area contributed by atoms with Gasteiger partial charge in [-0.05, 0) is 24.5 Å². The number of carbonyl (C=O) groups is 2. The minimum absolute atomic E-state index is 0.0580. The van der Waals surface area contributed by atoms with Crippen LogP contribution in [-0.4, -0.2) is 40.9 Å². The molecule has 0 aromatic carbocycles. The van der Waals surface area contributed by atoms with E-state index in [2.05, 4.69) is 12.6 Å². The highest BCUT2D eigenvalue weighted by Crippen LogP contribution is 2.35. The van der Waals surface area contributed by atoms with Crippen molar-refractivity contribution < 1.29 is 22.8 Å². The van der Waals surface area contributed by atoms with Gasteiger partial charge in [0.05, 0.1) is 0 Å². The van der Waals surface area contributed by atoms with Gasteiger partial charge in [-0.3, -0.25) is 9.69 Å². The fourth-order valence-electron chi connectivity index (χ4n) is 1.77. The van der Waals surface area contributed by atoms with Gasteiger partial charge in [0.25, 0.3) is 5.91 Å². The molecule has 0 aromatic heterocycles. The maximum atomic E-state index is 12.8. The monoisotopic (exact) mass is 298 g/mol. The molecular formula is C11H17F3N2O2S. The molecule has 0 aromatic rings. The highest BCUT2D eigenvalue weighted by molar-refractivity contribution is 7.80. The summed E-state index contributed by atoms with van der Waals surface area (Å²) < 4.78 is 38.5. The lowest BCUT2D eigenvalue weighted by atomic mass is 9.96. The number of nitrogens with one attached hydrogen (secondary N) is 1. The maximum Gasteiger partial charge on any atom is 0.420 e. The van der Waals surface area contributed by atoms with Crippen molar-refractivity contribution in [3.63, 3.8) is 0 Å². The van der Waals surface area contributed by atoms with Gasteiger partial charge in [-0.2, -0.15) is 25.8 Å². The van der Waals surface area contributed by atoms with E-state index in [1.54, 1.807) is 5.32 Å². The van der Waals surface area contributed by atoms with Crippen molar-refractivity contribution in [3.05, 3.63) is 0 Å². The van der Waals surface area contributed by atoms with E-state index in [4.69, 9.17) is 0 Å². The number of hydrogen-bond acceptors (Lipinski definition) is 3. The van der Waals surface area contributed by atoms with Crippen LogP contribution >= 0.6 is 12.6 Å². The van der Waals surface area contributed by atoms with Crippen molar-refractivity contribution >= 4 is 24.6 Å². The van der Waals surface area contributed by atoms with Gasteiger partial charge < -0.3 is 5.32 Å². The molecule has 1 heterocycles. The molecule has 3 amide bonds. The molecule has 2 atom stereocenters. The Hall–Kier alpha value is -0.920. The largest absolute Gasteiger partial charge is 0.420 e. The fourth-order valence-corrected chi connectivity index (χ4v) is 2.31. The van der Waals surface area contributed by atoms with E-state index < -0.39 is 23.7 Å². The molecule has 0 bridgehead atoms. The average Bonchev–Trinajstić information content (AvgIpc) is 2.48. The van der Waals surface area contributed by atoms with Gasteiger partial charge in [-0.1, -0.05) is 13.8 Å². The summed E-state index contributed by atoms with van der Waals surface area (Å²) in [6.45, 7) is 4.35. The highest BCUT2D eigenvalue weighted by Gasteiger charge is 2.64. The highest BCUT2D eigenvalue weighted by atomic mass is 32.1.